The van der Waals surface area contributed by atoms with Gasteiger partial charge in [0.05, 0.1) is 12.7 Å². The Hall–Kier alpha value is -1.68. The van der Waals surface area contributed by atoms with Crippen LogP contribution in [0.3, 0.4) is 0 Å². The third-order valence-corrected chi connectivity index (χ3v) is 5.16. The normalized spacial score (nSPS) is 15.6. The lowest BCUT2D eigenvalue weighted by Crippen LogP contribution is -2.36. The molecular formula is C16H15ClFN3OS. The van der Waals surface area contributed by atoms with E-state index in [1.54, 1.807) is 12.1 Å². The van der Waals surface area contributed by atoms with E-state index in [9.17, 15) is 4.39 Å². The van der Waals surface area contributed by atoms with Crippen molar-refractivity contribution in [1.82, 2.24) is 4.37 Å². The number of nitrogens with zero attached hydrogens (tertiary/aromatic N) is 3. The van der Waals surface area contributed by atoms with Crippen LogP contribution < -0.4 is 4.90 Å². The van der Waals surface area contributed by atoms with Crippen LogP contribution in [0.4, 0.5) is 9.39 Å². The van der Waals surface area contributed by atoms with Gasteiger partial charge in [0.1, 0.15) is 22.5 Å². The summed E-state index contributed by atoms with van der Waals surface area (Å²) in [5, 5.41) is 10.3. The molecule has 1 aliphatic rings. The van der Waals surface area contributed by atoms with Crippen LogP contribution in [0, 0.1) is 17.1 Å². The molecule has 2 heterocycles. The summed E-state index contributed by atoms with van der Waals surface area (Å²) in [7, 11) is 0. The highest BCUT2D eigenvalue weighted by molar-refractivity contribution is 7.10. The van der Waals surface area contributed by atoms with Gasteiger partial charge in [-0.1, -0.05) is 23.7 Å². The van der Waals surface area contributed by atoms with Crippen molar-refractivity contribution in [3.05, 3.63) is 46.4 Å². The quantitative estimate of drug-likeness (QED) is 0.835. The third kappa shape index (κ3) is 3.81. The number of hydrogen-bond acceptors (Lipinski definition) is 5. The minimum Gasteiger partial charge on any atom is -0.373 e. The molecule has 0 spiro atoms. The van der Waals surface area contributed by atoms with Crippen molar-refractivity contribution < 1.29 is 9.13 Å². The Labute approximate surface area is 143 Å². The van der Waals surface area contributed by atoms with E-state index in [1.807, 2.05) is 0 Å². The van der Waals surface area contributed by atoms with E-state index in [-0.39, 0.29) is 17.1 Å². The first kappa shape index (κ1) is 16.2. The molecule has 2 aromatic rings. The molecule has 1 saturated heterocycles. The van der Waals surface area contributed by atoms with Gasteiger partial charge in [-0.25, -0.2) is 4.39 Å². The molecule has 0 N–H and O–H groups in total. The van der Waals surface area contributed by atoms with Gasteiger partial charge in [-0.3, -0.25) is 0 Å². The largest absolute Gasteiger partial charge is 0.373 e. The van der Waals surface area contributed by atoms with Crippen LogP contribution >= 0.6 is 23.1 Å². The maximum absolute atomic E-state index is 12.9. The topological polar surface area (TPSA) is 49.2 Å². The first-order valence-corrected chi connectivity index (χ1v) is 8.49. The lowest BCUT2D eigenvalue weighted by atomic mass is 10.1. The average molecular weight is 352 g/mol. The van der Waals surface area contributed by atoms with Crippen molar-refractivity contribution >= 4 is 28.1 Å². The number of ether oxygens (including phenoxy) is 1. The smallest absolute Gasteiger partial charge is 0.162 e. The molecule has 1 aromatic carbocycles. The van der Waals surface area contributed by atoms with Gasteiger partial charge in [0.25, 0.3) is 0 Å². The molecule has 0 amide bonds. The highest BCUT2D eigenvalue weighted by Crippen LogP contribution is 2.33. The van der Waals surface area contributed by atoms with Crippen LogP contribution in [0.5, 0.6) is 0 Å². The second-order valence-corrected chi connectivity index (χ2v) is 6.50. The minimum atomic E-state index is -0.237. The van der Waals surface area contributed by atoms with Crippen molar-refractivity contribution in [2.24, 2.45) is 0 Å². The molecule has 3 rings (SSSR count). The number of piperidine rings is 1. The van der Waals surface area contributed by atoms with E-state index >= 15 is 0 Å². The average Bonchev–Trinajstić information content (AvgIpc) is 2.95. The Morgan fingerprint density at radius 2 is 2.04 bits per heavy atom. The summed E-state index contributed by atoms with van der Waals surface area (Å²) < 4.78 is 22.8. The Balaban J connectivity index is 1.52. The molecule has 0 radical (unpaired) electrons. The van der Waals surface area contributed by atoms with Gasteiger partial charge < -0.3 is 9.64 Å². The molecule has 120 valence electrons. The Morgan fingerprint density at radius 3 is 2.70 bits per heavy atom. The molecule has 0 atom stereocenters. The zero-order valence-corrected chi connectivity index (χ0v) is 13.9. The summed E-state index contributed by atoms with van der Waals surface area (Å²) in [6, 6.07) is 8.48. The number of halogens is 2. The van der Waals surface area contributed by atoms with E-state index in [4.69, 9.17) is 21.6 Å². The number of anilines is 1. The summed E-state index contributed by atoms with van der Waals surface area (Å²) in [5.41, 5.74) is 1.43. The van der Waals surface area contributed by atoms with Crippen molar-refractivity contribution in [2.45, 2.75) is 25.6 Å². The van der Waals surface area contributed by atoms with Gasteiger partial charge in [-0.2, -0.15) is 9.64 Å². The zero-order chi connectivity index (χ0) is 16.2. The Kier molecular flexibility index (Phi) is 5.11. The second-order valence-electron chi connectivity index (χ2n) is 5.39. The van der Waals surface area contributed by atoms with E-state index in [2.05, 4.69) is 15.3 Å². The zero-order valence-electron chi connectivity index (χ0n) is 12.3. The number of hydrogen-bond donors (Lipinski definition) is 0. The van der Waals surface area contributed by atoms with E-state index < -0.39 is 0 Å². The third-order valence-electron chi connectivity index (χ3n) is 3.87. The van der Waals surface area contributed by atoms with E-state index in [0.29, 0.717) is 12.2 Å². The van der Waals surface area contributed by atoms with Crippen LogP contribution in [-0.2, 0) is 11.3 Å². The van der Waals surface area contributed by atoms with Crippen molar-refractivity contribution in [2.75, 3.05) is 18.0 Å². The molecule has 1 fully saturated rings. The van der Waals surface area contributed by atoms with Crippen LogP contribution in [0.25, 0.3) is 0 Å². The van der Waals surface area contributed by atoms with Crippen molar-refractivity contribution in [3.63, 3.8) is 0 Å². The van der Waals surface area contributed by atoms with Crippen LogP contribution in [-0.4, -0.2) is 23.6 Å². The highest BCUT2D eigenvalue weighted by atomic mass is 35.5. The molecule has 23 heavy (non-hydrogen) atoms. The van der Waals surface area contributed by atoms with E-state index in [0.717, 1.165) is 36.5 Å². The molecule has 0 unspecified atom stereocenters. The van der Waals surface area contributed by atoms with Gasteiger partial charge in [0.15, 0.2) is 5.15 Å². The predicted molar refractivity (Wildman–Crippen MR) is 88.3 cm³/mol. The lowest BCUT2D eigenvalue weighted by molar-refractivity contribution is 0.0252. The van der Waals surface area contributed by atoms with Crippen LogP contribution in [0.15, 0.2) is 24.3 Å². The summed E-state index contributed by atoms with van der Waals surface area (Å²) in [4.78, 5) is 2.14. The van der Waals surface area contributed by atoms with Crippen LogP contribution in [0.1, 0.15) is 24.0 Å². The number of rotatable bonds is 4. The molecule has 1 aliphatic heterocycles. The van der Waals surface area contributed by atoms with Crippen molar-refractivity contribution in [3.8, 4) is 6.07 Å². The molecule has 1 aromatic heterocycles. The van der Waals surface area contributed by atoms with Gasteiger partial charge in [-0.15, -0.1) is 0 Å². The maximum atomic E-state index is 12.9. The molecule has 0 aliphatic carbocycles. The van der Waals surface area contributed by atoms with Crippen molar-refractivity contribution in [1.29, 1.82) is 5.26 Å². The molecule has 4 nitrogen and oxygen atoms in total. The monoisotopic (exact) mass is 351 g/mol. The summed E-state index contributed by atoms with van der Waals surface area (Å²) in [5.74, 6) is -0.237. The maximum Gasteiger partial charge on any atom is 0.162 e. The minimum absolute atomic E-state index is 0.172. The summed E-state index contributed by atoms with van der Waals surface area (Å²) >= 11 is 7.19. The summed E-state index contributed by atoms with van der Waals surface area (Å²) in [6.07, 6.45) is 1.92. The fourth-order valence-corrected chi connectivity index (χ4v) is 3.67. The van der Waals surface area contributed by atoms with Gasteiger partial charge >= 0.3 is 0 Å². The fourth-order valence-electron chi connectivity index (χ4n) is 2.59. The molecule has 0 saturated carbocycles. The molecule has 7 heteroatoms. The van der Waals surface area contributed by atoms with Crippen LogP contribution in [0.2, 0.25) is 5.15 Å². The van der Waals surface area contributed by atoms with Gasteiger partial charge in [0, 0.05) is 13.1 Å². The first-order chi connectivity index (χ1) is 11.2. The fraction of sp³-hybridized carbons (Fsp3) is 0.375. The SMILES string of the molecule is N#Cc1c(Cl)nsc1N1CCC(OCc2ccc(F)cc2)CC1. The highest BCUT2D eigenvalue weighted by Gasteiger charge is 2.24. The van der Waals surface area contributed by atoms with E-state index in [1.165, 1.54) is 23.7 Å². The number of benzene rings is 1. The Bertz CT molecular complexity index is 705. The predicted octanol–water partition coefficient (Wildman–Crippen LogP) is 3.99. The Morgan fingerprint density at radius 1 is 1.35 bits per heavy atom. The number of aromatic nitrogens is 1. The first-order valence-electron chi connectivity index (χ1n) is 7.33. The lowest BCUT2D eigenvalue weighted by Gasteiger charge is -2.32. The van der Waals surface area contributed by atoms with Gasteiger partial charge in [0.2, 0.25) is 0 Å². The standard InChI is InChI=1S/C16H15ClFN3OS/c17-15-14(9-19)16(23-20-15)21-7-5-13(6-8-21)22-10-11-1-3-12(18)4-2-11/h1-4,13H,5-8,10H2. The van der Waals surface area contributed by atoms with Gasteiger partial charge in [-0.05, 0) is 42.1 Å². The molecule has 0 bridgehead atoms. The summed E-state index contributed by atoms with van der Waals surface area (Å²) in [6.45, 7) is 2.10. The molecular weight excluding hydrogens is 337 g/mol. The second kappa shape index (κ2) is 7.26. The number of nitriles is 1.